The zero-order valence-electron chi connectivity index (χ0n) is 17.3. The predicted octanol–water partition coefficient (Wildman–Crippen LogP) is 6.94. The molecule has 2 unspecified atom stereocenters. The third-order valence-corrected chi connectivity index (χ3v) is 6.45. The Morgan fingerprint density at radius 1 is 0.938 bits per heavy atom. The van der Waals surface area contributed by atoms with Crippen LogP contribution < -0.4 is 0 Å². The maximum atomic E-state index is 13.2. The van der Waals surface area contributed by atoms with Gasteiger partial charge in [0.05, 0.1) is 11.6 Å². The van der Waals surface area contributed by atoms with Crippen LogP contribution in [0.15, 0.2) is 72.8 Å². The van der Waals surface area contributed by atoms with Crippen molar-refractivity contribution in [1.29, 1.82) is 0 Å². The summed E-state index contributed by atoms with van der Waals surface area (Å²) in [4.78, 5) is 14.6. The van der Waals surface area contributed by atoms with Gasteiger partial charge >= 0.3 is 12.3 Å². The quantitative estimate of drug-likeness (QED) is 0.444. The number of carbonyl (C=O) groups excluding carboxylic acids is 1. The van der Waals surface area contributed by atoms with Crippen molar-refractivity contribution < 1.29 is 22.7 Å². The van der Waals surface area contributed by atoms with Crippen LogP contribution in [0.2, 0.25) is 0 Å². The van der Waals surface area contributed by atoms with Gasteiger partial charge < -0.3 is 9.64 Å². The maximum absolute atomic E-state index is 13.2. The second kappa shape index (κ2) is 8.01. The van der Waals surface area contributed by atoms with Gasteiger partial charge in [0.2, 0.25) is 0 Å². The second-order valence-corrected chi connectivity index (χ2v) is 8.39. The average Bonchev–Trinajstić information content (AvgIpc) is 3.09. The highest BCUT2D eigenvalue weighted by molar-refractivity contribution is 5.71. The van der Waals surface area contributed by atoms with E-state index in [4.69, 9.17) is 4.74 Å². The topological polar surface area (TPSA) is 29.5 Å². The Balaban J connectivity index is 1.40. The monoisotopic (exact) mass is 437 g/mol. The predicted molar refractivity (Wildman–Crippen MR) is 115 cm³/mol. The highest BCUT2D eigenvalue weighted by Gasteiger charge is 2.41. The molecule has 164 valence electrons. The summed E-state index contributed by atoms with van der Waals surface area (Å²) in [6, 6.07) is 20.6. The van der Waals surface area contributed by atoms with Crippen LogP contribution in [0.3, 0.4) is 0 Å². The Hall–Kier alpha value is -3.28. The number of fused-ring (bicyclic) bond motifs is 5. The van der Waals surface area contributed by atoms with Gasteiger partial charge in [-0.3, -0.25) is 0 Å². The first-order valence-electron chi connectivity index (χ1n) is 10.7. The van der Waals surface area contributed by atoms with Crippen molar-refractivity contribution in [2.45, 2.75) is 37.6 Å². The normalized spacial score (nSPS) is 19.5. The van der Waals surface area contributed by atoms with Gasteiger partial charge in [0.1, 0.15) is 6.61 Å². The van der Waals surface area contributed by atoms with Crippen LogP contribution in [0.1, 0.15) is 47.1 Å². The van der Waals surface area contributed by atoms with Crippen LogP contribution in [0.25, 0.3) is 11.1 Å². The minimum atomic E-state index is -4.39. The summed E-state index contributed by atoms with van der Waals surface area (Å²) in [5.41, 5.74) is 3.69. The van der Waals surface area contributed by atoms with Crippen molar-refractivity contribution in [2.75, 3.05) is 6.54 Å². The molecule has 0 spiro atoms. The lowest BCUT2D eigenvalue weighted by Crippen LogP contribution is -2.37. The van der Waals surface area contributed by atoms with E-state index in [-0.39, 0.29) is 18.7 Å². The zero-order chi connectivity index (χ0) is 22.3. The first-order chi connectivity index (χ1) is 15.4. The molecule has 1 fully saturated rings. The van der Waals surface area contributed by atoms with E-state index < -0.39 is 11.7 Å². The first-order valence-corrected chi connectivity index (χ1v) is 10.7. The Kier molecular flexibility index (Phi) is 5.16. The fourth-order valence-corrected chi connectivity index (χ4v) is 4.85. The van der Waals surface area contributed by atoms with Crippen LogP contribution >= 0.6 is 0 Å². The molecule has 2 atom stereocenters. The van der Waals surface area contributed by atoms with Gasteiger partial charge in [0.15, 0.2) is 0 Å². The highest BCUT2D eigenvalue weighted by Crippen LogP contribution is 2.50. The number of piperidine rings is 1. The molecule has 3 aromatic carbocycles. The smallest absolute Gasteiger partial charge is 0.416 e. The van der Waals surface area contributed by atoms with Crippen LogP contribution in [0.4, 0.5) is 18.0 Å². The number of hydrogen-bond acceptors (Lipinski definition) is 2. The second-order valence-electron chi connectivity index (χ2n) is 8.39. The molecule has 6 heteroatoms. The molecular formula is C26H22F3NO2. The summed E-state index contributed by atoms with van der Waals surface area (Å²) < 4.78 is 45.0. The summed E-state index contributed by atoms with van der Waals surface area (Å²) in [5.74, 6) is 0.365. The molecular weight excluding hydrogens is 415 g/mol. The summed E-state index contributed by atoms with van der Waals surface area (Å²) in [6.45, 7) is 0.819. The van der Waals surface area contributed by atoms with E-state index in [2.05, 4.69) is 0 Å². The van der Waals surface area contributed by atoms with Gasteiger partial charge in [-0.2, -0.15) is 13.2 Å². The third kappa shape index (κ3) is 3.85. The molecule has 1 heterocycles. The molecule has 0 radical (unpaired) electrons. The molecule has 1 aliphatic carbocycles. The molecule has 1 aliphatic heterocycles. The molecule has 2 aliphatic rings. The molecule has 0 N–H and O–H groups in total. The Morgan fingerprint density at radius 2 is 1.72 bits per heavy atom. The lowest BCUT2D eigenvalue weighted by molar-refractivity contribution is -0.137. The lowest BCUT2D eigenvalue weighted by Gasteiger charge is -2.33. The molecule has 1 saturated heterocycles. The minimum Gasteiger partial charge on any atom is -0.445 e. The Morgan fingerprint density at radius 3 is 2.50 bits per heavy atom. The van der Waals surface area contributed by atoms with E-state index in [0.717, 1.165) is 35.6 Å². The first kappa shape index (κ1) is 20.6. The molecule has 3 aromatic rings. The standard InChI is InChI=1S/C26H22F3NO2/c27-26(28,29)21-8-4-7-18(13-21)19-9-10-22-20-11-12-30(24(15-20)23(22)14-19)25(31)32-16-17-5-2-1-3-6-17/h1-10,13-14,20,24H,11-12,15-16H2. The van der Waals surface area contributed by atoms with E-state index in [1.165, 1.54) is 17.7 Å². The van der Waals surface area contributed by atoms with Crippen LogP contribution in [-0.2, 0) is 17.5 Å². The summed E-state index contributed by atoms with van der Waals surface area (Å²) in [6.07, 6.45) is -3.06. The number of ether oxygens (including phenoxy) is 1. The van der Waals surface area contributed by atoms with Gasteiger partial charge in [-0.25, -0.2) is 4.79 Å². The number of benzene rings is 3. The highest BCUT2D eigenvalue weighted by atomic mass is 19.4. The van der Waals surface area contributed by atoms with Crippen LogP contribution in [-0.4, -0.2) is 17.5 Å². The number of carbonyl (C=O) groups is 1. The number of rotatable bonds is 3. The number of alkyl halides is 3. The fraction of sp³-hybridized carbons (Fsp3) is 0.269. The number of amides is 1. The Bertz CT molecular complexity index is 1140. The molecule has 1 amide bonds. The Labute approximate surface area is 184 Å². The molecule has 0 saturated carbocycles. The number of nitrogens with zero attached hydrogens (tertiary/aromatic N) is 1. The van der Waals surface area contributed by atoms with Crippen LogP contribution in [0, 0.1) is 0 Å². The van der Waals surface area contributed by atoms with E-state index >= 15 is 0 Å². The summed E-state index contributed by atoms with van der Waals surface area (Å²) in [5, 5.41) is 0. The molecule has 3 nitrogen and oxygen atoms in total. The zero-order valence-corrected chi connectivity index (χ0v) is 17.3. The summed E-state index contributed by atoms with van der Waals surface area (Å²) in [7, 11) is 0. The van der Waals surface area contributed by atoms with E-state index in [9.17, 15) is 18.0 Å². The molecule has 2 bridgehead atoms. The van der Waals surface area contributed by atoms with Gasteiger partial charge in [0, 0.05) is 6.54 Å². The maximum Gasteiger partial charge on any atom is 0.416 e. The summed E-state index contributed by atoms with van der Waals surface area (Å²) >= 11 is 0. The SMILES string of the molecule is O=C(OCc1ccccc1)N1CCC2CC1c1cc(-c3cccc(C(F)(F)F)c3)ccc12. The van der Waals surface area contributed by atoms with E-state index in [1.54, 1.807) is 11.0 Å². The van der Waals surface area contributed by atoms with Crippen molar-refractivity contribution in [2.24, 2.45) is 0 Å². The number of likely N-dealkylation sites (tertiary alicyclic amines) is 1. The average molecular weight is 437 g/mol. The molecule has 5 rings (SSSR count). The largest absolute Gasteiger partial charge is 0.445 e. The van der Waals surface area contributed by atoms with Gasteiger partial charge in [-0.15, -0.1) is 0 Å². The third-order valence-electron chi connectivity index (χ3n) is 6.45. The van der Waals surface area contributed by atoms with Crippen molar-refractivity contribution in [1.82, 2.24) is 4.90 Å². The molecule has 0 aromatic heterocycles. The van der Waals surface area contributed by atoms with Crippen molar-refractivity contribution in [3.63, 3.8) is 0 Å². The minimum absolute atomic E-state index is 0.113. The van der Waals surface area contributed by atoms with Gasteiger partial charge in [-0.05, 0) is 64.8 Å². The fourth-order valence-electron chi connectivity index (χ4n) is 4.85. The van der Waals surface area contributed by atoms with E-state index in [0.29, 0.717) is 18.0 Å². The van der Waals surface area contributed by atoms with E-state index in [1.807, 2.05) is 48.5 Å². The van der Waals surface area contributed by atoms with Crippen molar-refractivity contribution in [3.05, 3.63) is 95.1 Å². The van der Waals surface area contributed by atoms with Crippen LogP contribution in [0.5, 0.6) is 0 Å². The molecule has 32 heavy (non-hydrogen) atoms. The van der Waals surface area contributed by atoms with Gasteiger partial charge in [-0.1, -0.05) is 54.6 Å². The number of halogens is 3. The van der Waals surface area contributed by atoms with Crippen molar-refractivity contribution in [3.8, 4) is 11.1 Å². The number of hydrogen-bond donors (Lipinski definition) is 0. The van der Waals surface area contributed by atoms with Crippen molar-refractivity contribution >= 4 is 6.09 Å². The lowest BCUT2D eigenvalue weighted by atomic mass is 9.94. The van der Waals surface area contributed by atoms with Gasteiger partial charge in [0.25, 0.3) is 0 Å².